The zero-order valence-corrected chi connectivity index (χ0v) is 27.3. The molecule has 0 bridgehead atoms. The van der Waals surface area contributed by atoms with Gasteiger partial charge in [-0.1, -0.05) is 36.4 Å². The summed E-state index contributed by atoms with van der Waals surface area (Å²) in [4.78, 5) is 8.60. The first kappa shape index (κ1) is 28.7. The van der Waals surface area contributed by atoms with E-state index in [0.717, 1.165) is 6.54 Å². The van der Waals surface area contributed by atoms with E-state index < -0.39 is 0 Å². The van der Waals surface area contributed by atoms with Crippen LogP contribution < -0.4 is 0 Å². The van der Waals surface area contributed by atoms with Crippen molar-refractivity contribution in [3.63, 3.8) is 0 Å². The molecule has 3 nitrogen and oxygen atoms in total. The topological polar surface area (TPSA) is 30.7 Å². The fourth-order valence-corrected chi connectivity index (χ4v) is 7.17. The summed E-state index contributed by atoms with van der Waals surface area (Å²) >= 11 is 0. The van der Waals surface area contributed by atoms with Gasteiger partial charge in [0.25, 0.3) is 0 Å². The van der Waals surface area contributed by atoms with E-state index in [1.165, 1.54) is 99.7 Å². The summed E-state index contributed by atoms with van der Waals surface area (Å²) in [7, 11) is 0. The minimum atomic E-state index is 0.926. The molecule has 0 amide bonds. The molecule has 0 aliphatic heterocycles. The number of rotatable bonds is 5. The molecule has 222 valence electrons. The molecule has 7 aromatic rings. The van der Waals surface area contributed by atoms with Crippen molar-refractivity contribution in [1.82, 2.24) is 14.5 Å². The maximum atomic E-state index is 4.30. The standard InChI is InChI=1S/C42H39N3/c1-8-45-41-11-9-31(35-17-27(4)37(19-25(35)2)33-13-15-43-23-29(33)6)21-39(41)40-22-32(10-12-42(40)45)36-18-28(5)38(20-26(36)3)34-14-16-44-24-30(34)7/h9-24H,8H2,1-7H3. The number of fused-ring (bicyclic) bond motifs is 3. The number of nitrogens with zero attached hydrogens (tertiary/aromatic N) is 3. The summed E-state index contributed by atoms with van der Waals surface area (Å²) in [5.41, 5.74) is 20.2. The Labute approximate surface area is 266 Å². The van der Waals surface area contributed by atoms with Gasteiger partial charge in [-0.3, -0.25) is 9.97 Å². The van der Waals surface area contributed by atoms with Crippen LogP contribution in [0.1, 0.15) is 40.3 Å². The van der Waals surface area contributed by atoms with Crippen LogP contribution >= 0.6 is 0 Å². The molecule has 0 spiro atoms. The predicted octanol–water partition coefficient (Wildman–Crippen LogP) is 11.1. The number of aryl methyl sites for hydroxylation is 7. The van der Waals surface area contributed by atoms with Gasteiger partial charge in [-0.15, -0.1) is 0 Å². The Bertz CT molecular complexity index is 2110. The second-order valence-corrected chi connectivity index (χ2v) is 12.6. The summed E-state index contributed by atoms with van der Waals surface area (Å²) in [6, 6.07) is 27.6. The molecule has 45 heavy (non-hydrogen) atoms. The SMILES string of the molecule is CCn1c2ccc(-c3cc(C)c(-c4ccncc4C)cc3C)cc2c2cc(-c3cc(C)c(-c4ccncc4C)cc3C)ccc21. The van der Waals surface area contributed by atoms with Crippen LogP contribution in [0.4, 0.5) is 0 Å². The first-order chi connectivity index (χ1) is 21.7. The number of hydrogen-bond donors (Lipinski definition) is 0. The first-order valence-corrected chi connectivity index (χ1v) is 15.9. The summed E-state index contributed by atoms with van der Waals surface area (Å²) < 4.78 is 2.44. The maximum absolute atomic E-state index is 4.30. The van der Waals surface area contributed by atoms with Crippen molar-refractivity contribution in [2.24, 2.45) is 0 Å². The Morgan fingerprint density at radius 2 is 0.844 bits per heavy atom. The van der Waals surface area contributed by atoms with Gasteiger partial charge in [-0.05, 0) is 163 Å². The van der Waals surface area contributed by atoms with Crippen molar-refractivity contribution < 1.29 is 0 Å². The van der Waals surface area contributed by atoms with Gasteiger partial charge in [-0.2, -0.15) is 0 Å². The Kier molecular flexibility index (Phi) is 7.13. The molecule has 0 unspecified atom stereocenters. The Hall–Kier alpha value is -5.02. The lowest BCUT2D eigenvalue weighted by molar-refractivity contribution is 0.827. The molecule has 3 heteroatoms. The minimum Gasteiger partial charge on any atom is -0.341 e. The third-order valence-electron chi connectivity index (χ3n) is 9.57. The van der Waals surface area contributed by atoms with Gasteiger partial charge < -0.3 is 4.57 Å². The molecule has 0 N–H and O–H groups in total. The second-order valence-electron chi connectivity index (χ2n) is 12.6. The quantitative estimate of drug-likeness (QED) is 0.201. The lowest BCUT2D eigenvalue weighted by Crippen LogP contribution is -1.94. The molecule has 0 fully saturated rings. The highest BCUT2D eigenvalue weighted by molar-refractivity contribution is 6.10. The van der Waals surface area contributed by atoms with E-state index in [2.05, 4.69) is 136 Å². The Balaban J connectivity index is 1.36. The summed E-state index contributed by atoms with van der Waals surface area (Å²) in [6.07, 6.45) is 7.66. The van der Waals surface area contributed by atoms with Gasteiger partial charge in [0.15, 0.2) is 0 Å². The third-order valence-corrected chi connectivity index (χ3v) is 9.57. The summed E-state index contributed by atoms with van der Waals surface area (Å²) in [5, 5.41) is 2.60. The molecule has 7 rings (SSSR count). The van der Waals surface area contributed by atoms with Gasteiger partial charge >= 0.3 is 0 Å². The molecular formula is C42H39N3. The maximum Gasteiger partial charge on any atom is 0.0491 e. The van der Waals surface area contributed by atoms with Crippen molar-refractivity contribution in [1.29, 1.82) is 0 Å². The van der Waals surface area contributed by atoms with E-state index in [1.807, 2.05) is 24.8 Å². The lowest BCUT2D eigenvalue weighted by Gasteiger charge is -2.15. The number of pyridine rings is 2. The fourth-order valence-electron chi connectivity index (χ4n) is 7.17. The van der Waals surface area contributed by atoms with Crippen LogP contribution in [0, 0.1) is 41.5 Å². The molecular weight excluding hydrogens is 546 g/mol. The monoisotopic (exact) mass is 585 g/mol. The van der Waals surface area contributed by atoms with E-state index in [0.29, 0.717) is 0 Å². The molecule has 0 radical (unpaired) electrons. The van der Waals surface area contributed by atoms with Crippen LogP contribution in [-0.4, -0.2) is 14.5 Å². The van der Waals surface area contributed by atoms with E-state index in [9.17, 15) is 0 Å². The molecule has 0 saturated heterocycles. The zero-order valence-electron chi connectivity index (χ0n) is 27.3. The number of aromatic nitrogens is 3. The first-order valence-electron chi connectivity index (χ1n) is 15.9. The summed E-state index contributed by atoms with van der Waals surface area (Å²) in [6.45, 7) is 16.3. The van der Waals surface area contributed by atoms with Crippen LogP contribution in [0.25, 0.3) is 66.3 Å². The molecule has 0 atom stereocenters. The van der Waals surface area contributed by atoms with Gasteiger partial charge in [0, 0.05) is 53.1 Å². The van der Waals surface area contributed by atoms with Gasteiger partial charge in [0.05, 0.1) is 0 Å². The van der Waals surface area contributed by atoms with Crippen molar-refractivity contribution in [2.75, 3.05) is 0 Å². The minimum absolute atomic E-state index is 0.926. The smallest absolute Gasteiger partial charge is 0.0491 e. The molecule has 0 saturated carbocycles. The van der Waals surface area contributed by atoms with E-state index in [1.54, 1.807) is 0 Å². The molecule has 0 aliphatic rings. The average Bonchev–Trinajstić information content (AvgIpc) is 3.35. The number of hydrogen-bond acceptors (Lipinski definition) is 2. The zero-order chi connectivity index (χ0) is 31.4. The Morgan fingerprint density at radius 1 is 0.444 bits per heavy atom. The highest BCUT2D eigenvalue weighted by atomic mass is 15.0. The third kappa shape index (κ3) is 4.84. The largest absolute Gasteiger partial charge is 0.341 e. The highest BCUT2D eigenvalue weighted by Crippen LogP contribution is 2.39. The highest BCUT2D eigenvalue weighted by Gasteiger charge is 2.16. The van der Waals surface area contributed by atoms with E-state index in [-0.39, 0.29) is 0 Å². The van der Waals surface area contributed by atoms with Crippen LogP contribution in [0.15, 0.2) is 97.6 Å². The molecule has 3 aromatic heterocycles. The van der Waals surface area contributed by atoms with Gasteiger partial charge in [-0.25, -0.2) is 0 Å². The van der Waals surface area contributed by atoms with Crippen molar-refractivity contribution in [2.45, 2.75) is 55.0 Å². The van der Waals surface area contributed by atoms with Crippen LogP contribution in [0.3, 0.4) is 0 Å². The fraction of sp³-hybridized carbons (Fsp3) is 0.190. The van der Waals surface area contributed by atoms with Crippen molar-refractivity contribution in [3.05, 3.63) is 131 Å². The average molecular weight is 586 g/mol. The molecule has 3 heterocycles. The lowest BCUT2D eigenvalue weighted by atomic mass is 9.90. The van der Waals surface area contributed by atoms with Crippen molar-refractivity contribution in [3.8, 4) is 44.5 Å². The van der Waals surface area contributed by atoms with E-state index >= 15 is 0 Å². The Morgan fingerprint density at radius 3 is 1.24 bits per heavy atom. The predicted molar refractivity (Wildman–Crippen MR) is 191 cm³/mol. The van der Waals surface area contributed by atoms with E-state index in [4.69, 9.17) is 0 Å². The van der Waals surface area contributed by atoms with Crippen molar-refractivity contribution >= 4 is 21.8 Å². The van der Waals surface area contributed by atoms with Crippen LogP contribution in [0.2, 0.25) is 0 Å². The molecule has 4 aromatic carbocycles. The summed E-state index contributed by atoms with van der Waals surface area (Å²) in [5.74, 6) is 0. The van der Waals surface area contributed by atoms with Crippen LogP contribution in [0.5, 0.6) is 0 Å². The number of benzene rings is 4. The molecule has 0 aliphatic carbocycles. The second kappa shape index (κ2) is 11.2. The van der Waals surface area contributed by atoms with Crippen LogP contribution in [-0.2, 0) is 6.54 Å². The van der Waals surface area contributed by atoms with Gasteiger partial charge in [0.1, 0.15) is 0 Å². The normalized spacial score (nSPS) is 11.5. The van der Waals surface area contributed by atoms with Gasteiger partial charge in [0.2, 0.25) is 0 Å².